The molecule has 0 bridgehead atoms. The predicted octanol–water partition coefficient (Wildman–Crippen LogP) is 6.85. The zero-order valence-electron chi connectivity index (χ0n) is 20.3. The quantitative estimate of drug-likeness (QED) is 0.261. The van der Waals surface area contributed by atoms with Crippen LogP contribution in [0.4, 0.5) is 5.69 Å². The zero-order chi connectivity index (χ0) is 25.7. The van der Waals surface area contributed by atoms with Crippen LogP contribution in [0.5, 0.6) is 5.75 Å². The summed E-state index contributed by atoms with van der Waals surface area (Å²) in [5, 5.41) is 12.3. The number of hydrogen-bond acceptors (Lipinski definition) is 5. The van der Waals surface area contributed by atoms with Crippen molar-refractivity contribution in [1.82, 2.24) is 0 Å². The standard InChI is InChI=1S/C29H26N2O3S2/c1-4-5-22(14-15-30)23-8-11-25(12-9-23)34-18-21-7-13-29-27(16-21)28(19-35-29)26-17-24(10-6-20(26)2)31-36(3,32)33/h6-13,16-17,19,22,31H,14,18H2,1-3H3/t22-/m0/s1. The molecule has 0 aliphatic heterocycles. The van der Waals surface area contributed by atoms with Gasteiger partial charge in [-0.3, -0.25) is 4.72 Å². The second-order valence-electron chi connectivity index (χ2n) is 8.55. The summed E-state index contributed by atoms with van der Waals surface area (Å²) in [4.78, 5) is 0. The summed E-state index contributed by atoms with van der Waals surface area (Å²) in [7, 11) is -3.36. The molecule has 4 aromatic rings. The van der Waals surface area contributed by atoms with Gasteiger partial charge in [-0.15, -0.1) is 17.3 Å². The molecule has 1 atom stereocenters. The third kappa shape index (κ3) is 6.07. The third-order valence-corrected chi connectivity index (χ3v) is 7.34. The number of aryl methyl sites for hydroxylation is 1. The number of rotatable bonds is 8. The Morgan fingerprint density at radius 1 is 1.06 bits per heavy atom. The van der Waals surface area contributed by atoms with E-state index in [1.54, 1.807) is 24.3 Å². The number of ether oxygens (including phenoxy) is 1. The van der Waals surface area contributed by atoms with Crippen LogP contribution >= 0.6 is 11.3 Å². The summed E-state index contributed by atoms with van der Waals surface area (Å²) in [5.41, 5.74) is 5.71. The Morgan fingerprint density at radius 3 is 2.53 bits per heavy atom. The van der Waals surface area contributed by atoms with Crippen LogP contribution in [0.1, 0.15) is 36.0 Å². The Hall–Kier alpha value is -3.78. The number of nitrogens with zero attached hydrogens (tertiary/aromatic N) is 1. The van der Waals surface area contributed by atoms with Crippen molar-refractivity contribution in [2.45, 2.75) is 32.8 Å². The third-order valence-electron chi connectivity index (χ3n) is 5.77. The van der Waals surface area contributed by atoms with Gasteiger partial charge in [-0.2, -0.15) is 5.26 Å². The van der Waals surface area contributed by atoms with Gasteiger partial charge in [-0.25, -0.2) is 8.42 Å². The van der Waals surface area contributed by atoms with Crippen LogP contribution in [0.3, 0.4) is 0 Å². The second kappa shape index (κ2) is 10.9. The number of nitriles is 1. The fraction of sp³-hybridized carbons (Fsp3) is 0.207. The molecule has 0 amide bonds. The zero-order valence-corrected chi connectivity index (χ0v) is 22.0. The number of thiophene rings is 1. The lowest BCUT2D eigenvalue weighted by molar-refractivity contribution is 0.306. The van der Waals surface area contributed by atoms with E-state index >= 15 is 0 Å². The van der Waals surface area contributed by atoms with Gasteiger partial charge in [-0.1, -0.05) is 30.2 Å². The summed E-state index contributed by atoms with van der Waals surface area (Å²) in [5.74, 6) is 6.63. The minimum absolute atomic E-state index is 0.0944. The van der Waals surface area contributed by atoms with Gasteiger partial charge in [0.05, 0.1) is 24.7 Å². The molecule has 0 aliphatic carbocycles. The van der Waals surface area contributed by atoms with Crippen LogP contribution in [0.2, 0.25) is 0 Å². The van der Waals surface area contributed by atoms with Crippen molar-refractivity contribution in [1.29, 1.82) is 5.26 Å². The highest BCUT2D eigenvalue weighted by atomic mass is 32.2. The first-order valence-corrected chi connectivity index (χ1v) is 14.2. The van der Waals surface area contributed by atoms with Crippen molar-refractivity contribution < 1.29 is 13.2 Å². The van der Waals surface area contributed by atoms with Crippen molar-refractivity contribution >= 4 is 37.1 Å². The lowest BCUT2D eigenvalue weighted by Crippen LogP contribution is -2.09. The number of anilines is 1. The van der Waals surface area contributed by atoms with Crippen LogP contribution in [-0.4, -0.2) is 14.7 Å². The van der Waals surface area contributed by atoms with E-state index in [0.29, 0.717) is 18.7 Å². The van der Waals surface area contributed by atoms with E-state index in [4.69, 9.17) is 10.00 Å². The van der Waals surface area contributed by atoms with Crippen molar-refractivity contribution in [3.8, 4) is 34.8 Å². The molecule has 0 saturated carbocycles. The maximum Gasteiger partial charge on any atom is 0.229 e. The Bertz CT molecular complexity index is 1600. The first-order valence-electron chi connectivity index (χ1n) is 11.4. The van der Waals surface area contributed by atoms with Crippen molar-refractivity contribution in [2.24, 2.45) is 0 Å². The van der Waals surface area contributed by atoms with Crippen LogP contribution in [0.25, 0.3) is 21.2 Å². The number of hydrogen-bond donors (Lipinski definition) is 1. The monoisotopic (exact) mass is 514 g/mol. The topological polar surface area (TPSA) is 79.2 Å². The van der Waals surface area contributed by atoms with Gasteiger partial charge in [0.25, 0.3) is 0 Å². The molecule has 0 saturated heterocycles. The minimum Gasteiger partial charge on any atom is -0.489 e. The van der Waals surface area contributed by atoms with E-state index in [-0.39, 0.29) is 5.92 Å². The van der Waals surface area contributed by atoms with E-state index in [1.807, 2.05) is 43.3 Å². The molecule has 0 aliphatic rings. The normalized spacial score (nSPS) is 11.8. The molecule has 0 radical (unpaired) electrons. The van der Waals surface area contributed by atoms with Crippen LogP contribution < -0.4 is 9.46 Å². The van der Waals surface area contributed by atoms with E-state index in [2.05, 4.69) is 46.2 Å². The Balaban J connectivity index is 1.55. The highest BCUT2D eigenvalue weighted by Gasteiger charge is 2.13. The van der Waals surface area contributed by atoms with Gasteiger partial charge in [0.2, 0.25) is 10.0 Å². The molecular formula is C29H26N2O3S2. The van der Waals surface area contributed by atoms with Crippen molar-refractivity contribution in [3.63, 3.8) is 0 Å². The van der Waals surface area contributed by atoms with Gasteiger partial charge in [-0.05, 0) is 77.9 Å². The van der Waals surface area contributed by atoms with E-state index in [0.717, 1.165) is 49.9 Å². The van der Waals surface area contributed by atoms with Crippen molar-refractivity contribution in [3.05, 3.63) is 82.7 Å². The number of sulfonamides is 1. The average Bonchev–Trinajstić information content (AvgIpc) is 3.26. The lowest BCUT2D eigenvalue weighted by Gasteiger charge is -2.11. The molecule has 1 heterocycles. The van der Waals surface area contributed by atoms with Gasteiger partial charge >= 0.3 is 0 Å². The molecule has 0 unspecified atom stereocenters. The van der Waals surface area contributed by atoms with Crippen molar-refractivity contribution in [2.75, 3.05) is 11.0 Å². The molecule has 5 nitrogen and oxygen atoms in total. The number of benzene rings is 3. The number of fused-ring (bicyclic) bond motifs is 1. The van der Waals surface area contributed by atoms with E-state index in [9.17, 15) is 8.42 Å². The molecular weight excluding hydrogens is 488 g/mol. The molecule has 7 heteroatoms. The summed E-state index contributed by atoms with van der Waals surface area (Å²) in [6.07, 6.45) is 1.51. The van der Waals surface area contributed by atoms with Gasteiger partial charge in [0.1, 0.15) is 12.4 Å². The molecule has 36 heavy (non-hydrogen) atoms. The maximum absolute atomic E-state index is 11.7. The van der Waals surface area contributed by atoms with Crippen LogP contribution in [0, 0.1) is 30.1 Å². The number of nitrogens with one attached hydrogen (secondary N) is 1. The largest absolute Gasteiger partial charge is 0.489 e. The molecule has 1 aromatic heterocycles. The minimum atomic E-state index is -3.36. The first kappa shape index (κ1) is 25.3. The second-order valence-corrected chi connectivity index (χ2v) is 11.2. The summed E-state index contributed by atoms with van der Waals surface area (Å²) in [6, 6.07) is 21.8. The molecule has 3 aromatic carbocycles. The molecule has 1 N–H and O–H groups in total. The maximum atomic E-state index is 11.7. The van der Waals surface area contributed by atoms with Crippen LogP contribution in [-0.2, 0) is 16.6 Å². The van der Waals surface area contributed by atoms with Gasteiger partial charge < -0.3 is 4.74 Å². The molecule has 4 rings (SSSR count). The highest BCUT2D eigenvalue weighted by Crippen LogP contribution is 2.37. The van der Waals surface area contributed by atoms with Gasteiger partial charge in [0, 0.05) is 21.3 Å². The van der Waals surface area contributed by atoms with E-state index < -0.39 is 10.0 Å². The Labute approximate surface area is 216 Å². The average molecular weight is 515 g/mol. The summed E-state index contributed by atoms with van der Waals surface area (Å²) < 4.78 is 33.2. The van der Waals surface area contributed by atoms with Gasteiger partial charge in [0.15, 0.2) is 0 Å². The smallest absolute Gasteiger partial charge is 0.229 e. The molecule has 182 valence electrons. The van der Waals surface area contributed by atoms with Crippen LogP contribution in [0.15, 0.2) is 66.0 Å². The highest BCUT2D eigenvalue weighted by molar-refractivity contribution is 7.92. The predicted molar refractivity (Wildman–Crippen MR) is 148 cm³/mol. The summed E-state index contributed by atoms with van der Waals surface area (Å²) >= 11 is 1.66. The lowest BCUT2D eigenvalue weighted by atomic mass is 9.97. The SMILES string of the molecule is CC#C[C@@H](CC#N)c1ccc(OCc2ccc3scc(-c4cc(NS(C)(=O)=O)ccc4C)c3c2)cc1. The Morgan fingerprint density at radius 2 is 1.83 bits per heavy atom. The fourth-order valence-electron chi connectivity index (χ4n) is 4.05. The van der Waals surface area contributed by atoms with E-state index in [1.165, 1.54) is 0 Å². The molecule has 0 fully saturated rings. The molecule has 0 spiro atoms. The fourth-order valence-corrected chi connectivity index (χ4v) is 5.54. The summed E-state index contributed by atoms with van der Waals surface area (Å²) in [6.45, 7) is 4.21. The first-order chi connectivity index (χ1) is 17.3. The Kier molecular flexibility index (Phi) is 7.64.